The number of amides is 1. The van der Waals surface area contributed by atoms with E-state index >= 15 is 0 Å². The highest BCUT2D eigenvalue weighted by Gasteiger charge is 2.11. The molecule has 0 bridgehead atoms. The Morgan fingerprint density at radius 3 is 2.81 bits per heavy atom. The van der Waals surface area contributed by atoms with Crippen molar-refractivity contribution in [3.05, 3.63) is 41.0 Å². The number of H-pyrrole nitrogens is 1. The highest BCUT2D eigenvalue weighted by Crippen LogP contribution is 2.26. The molecule has 0 spiro atoms. The van der Waals surface area contributed by atoms with Crippen LogP contribution in [0, 0.1) is 0 Å². The van der Waals surface area contributed by atoms with Crippen LogP contribution in [0.4, 0.5) is 0 Å². The molecule has 2 rings (SSSR count). The molecule has 0 atom stereocenters. The van der Waals surface area contributed by atoms with Gasteiger partial charge in [-0.3, -0.25) is 9.89 Å². The summed E-state index contributed by atoms with van der Waals surface area (Å²) >= 11 is 6.10. The standard InChI is InChI=1S/C14H17ClN4O.ClH/c1-2-16-7-8-17-14(20)13-9-12(18-19-13)10-5-3-4-6-11(10)15;/h3-6,9,16H,2,7-8H2,1H3,(H,17,20)(H,18,19);1H. The lowest BCUT2D eigenvalue weighted by molar-refractivity contribution is 0.0949. The van der Waals surface area contributed by atoms with Crippen LogP contribution in [0.5, 0.6) is 0 Å². The molecule has 1 heterocycles. The minimum Gasteiger partial charge on any atom is -0.349 e. The molecule has 0 saturated heterocycles. The van der Waals surface area contributed by atoms with Gasteiger partial charge in [0, 0.05) is 18.7 Å². The number of aromatic nitrogens is 2. The van der Waals surface area contributed by atoms with Gasteiger partial charge in [0.25, 0.3) is 5.91 Å². The van der Waals surface area contributed by atoms with E-state index in [2.05, 4.69) is 20.8 Å². The summed E-state index contributed by atoms with van der Waals surface area (Å²) in [6, 6.07) is 9.09. The molecule has 0 aliphatic heterocycles. The topological polar surface area (TPSA) is 69.8 Å². The number of carbonyl (C=O) groups is 1. The van der Waals surface area contributed by atoms with E-state index in [-0.39, 0.29) is 18.3 Å². The van der Waals surface area contributed by atoms with Gasteiger partial charge in [0.15, 0.2) is 0 Å². The largest absolute Gasteiger partial charge is 0.349 e. The normalized spacial score (nSPS) is 10.0. The third-order valence-electron chi connectivity index (χ3n) is 2.81. The Morgan fingerprint density at radius 1 is 1.33 bits per heavy atom. The average molecular weight is 329 g/mol. The molecule has 1 amide bonds. The molecule has 7 heteroatoms. The molecule has 0 unspecified atom stereocenters. The fourth-order valence-corrected chi connectivity index (χ4v) is 2.01. The van der Waals surface area contributed by atoms with E-state index in [1.807, 2.05) is 25.1 Å². The number of likely N-dealkylation sites (N-methyl/N-ethyl adjacent to an activating group) is 1. The molecule has 0 aliphatic carbocycles. The van der Waals surface area contributed by atoms with Crippen LogP contribution in [0.15, 0.2) is 30.3 Å². The van der Waals surface area contributed by atoms with Gasteiger partial charge in [0.1, 0.15) is 5.69 Å². The summed E-state index contributed by atoms with van der Waals surface area (Å²) in [6.45, 7) is 4.23. The zero-order valence-corrected chi connectivity index (χ0v) is 13.2. The molecule has 114 valence electrons. The Bertz CT molecular complexity index is 586. The molecule has 0 saturated carbocycles. The number of hydrogen-bond donors (Lipinski definition) is 3. The lowest BCUT2D eigenvalue weighted by Gasteiger charge is -2.03. The summed E-state index contributed by atoms with van der Waals surface area (Å²) in [5.41, 5.74) is 1.89. The molecule has 0 fully saturated rings. The summed E-state index contributed by atoms with van der Waals surface area (Å²) in [6.07, 6.45) is 0. The summed E-state index contributed by atoms with van der Waals surface area (Å²) in [7, 11) is 0. The predicted octanol–water partition coefficient (Wildman–Crippen LogP) is 2.49. The van der Waals surface area contributed by atoms with Crippen LogP contribution >= 0.6 is 24.0 Å². The zero-order chi connectivity index (χ0) is 14.4. The molecule has 3 N–H and O–H groups in total. The second-order valence-electron chi connectivity index (χ2n) is 4.26. The summed E-state index contributed by atoms with van der Waals surface area (Å²) in [4.78, 5) is 11.9. The number of rotatable bonds is 6. The SMILES string of the molecule is CCNCCNC(=O)c1cc(-c2ccccc2Cl)n[nH]1.Cl. The summed E-state index contributed by atoms with van der Waals surface area (Å²) in [5, 5.41) is 13.4. The minimum atomic E-state index is -0.172. The van der Waals surface area contributed by atoms with Crippen molar-refractivity contribution in [2.75, 3.05) is 19.6 Å². The fraction of sp³-hybridized carbons (Fsp3) is 0.286. The molecule has 2 aromatic rings. The van der Waals surface area contributed by atoms with Gasteiger partial charge >= 0.3 is 0 Å². The van der Waals surface area contributed by atoms with Crippen LogP contribution in [0.1, 0.15) is 17.4 Å². The number of nitrogens with one attached hydrogen (secondary N) is 3. The second kappa shape index (κ2) is 8.67. The van der Waals surface area contributed by atoms with Gasteiger partial charge in [0.2, 0.25) is 0 Å². The Labute approximate surface area is 134 Å². The zero-order valence-electron chi connectivity index (χ0n) is 11.6. The number of benzene rings is 1. The molecule has 5 nitrogen and oxygen atoms in total. The first-order valence-electron chi connectivity index (χ1n) is 6.51. The highest BCUT2D eigenvalue weighted by molar-refractivity contribution is 6.33. The molecular formula is C14H18Cl2N4O. The summed E-state index contributed by atoms with van der Waals surface area (Å²) in [5.74, 6) is -0.172. The first-order chi connectivity index (χ1) is 9.72. The molecular weight excluding hydrogens is 311 g/mol. The molecule has 1 aromatic heterocycles. The third-order valence-corrected chi connectivity index (χ3v) is 3.14. The number of halogens is 2. The van der Waals surface area contributed by atoms with Gasteiger partial charge in [0.05, 0.1) is 10.7 Å². The highest BCUT2D eigenvalue weighted by atomic mass is 35.5. The van der Waals surface area contributed by atoms with Crippen LogP contribution in [-0.2, 0) is 0 Å². The number of nitrogens with zero attached hydrogens (tertiary/aromatic N) is 1. The van der Waals surface area contributed by atoms with Crippen molar-refractivity contribution in [3.8, 4) is 11.3 Å². The second-order valence-corrected chi connectivity index (χ2v) is 4.66. The average Bonchev–Trinajstić information content (AvgIpc) is 2.93. The van der Waals surface area contributed by atoms with Gasteiger partial charge in [-0.1, -0.05) is 36.7 Å². The van der Waals surface area contributed by atoms with Gasteiger partial charge < -0.3 is 10.6 Å². The summed E-state index contributed by atoms with van der Waals surface area (Å²) < 4.78 is 0. The van der Waals surface area contributed by atoms with E-state index in [1.54, 1.807) is 12.1 Å². The van der Waals surface area contributed by atoms with E-state index in [0.29, 0.717) is 23.0 Å². The Balaban J connectivity index is 0.00000220. The monoisotopic (exact) mass is 328 g/mol. The first-order valence-corrected chi connectivity index (χ1v) is 6.89. The van der Waals surface area contributed by atoms with Crippen LogP contribution in [0.25, 0.3) is 11.3 Å². The van der Waals surface area contributed by atoms with Crippen molar-refractivity contribution in [2.45, 2.75) is 6.92 Å². The van der Waals surface area contributed by atoms with Crippen molar-refractivity contribution in [3.63, 3.8) is 0 Å². The van der Waals surface area contributed by atoms with Crippen LogP contribution in [-0.4, -0.2) is 35.7 Å². The van der Waals surface area contributed by atoms with E-state index < -0.39 is 0 Å². The van der Waals surface area contributed by atoms with Gasteiger partial charge in [-0.25, -0.2) is 0 Å². The van der Waals surface area contributed by atoms with Crippen LogP contribution in [0.3, 0.4) is 0 Å². The van der Waals surface area contributed by atoms with Gasteiger partial charge in [-0.15, -0.1) is 12.4 Å². The van der Waals surface area contributed by atoms with Crippen molar-refractivity contribution < 1.29 is 4.79 Å². The quantitative estimate of drug-likeness (QED) is 0.713. The number of hydrogen-bond acceptors (Lipinski definition) is 3. The predicted molar refractivity (Wildman–Crippen MR) is 87.2 cm³/mol. The van der Waals surface area contributed by atoms with E-state index in [1.165, 1.54) is 0 Å². The van der Waals surface area contributed by atoms with E-state index in [4.69, 9.17) is 11.6 Å². The molecule has 1 aromatic carbocycles. The minimum absolute atomic E-state index is 0. The van der Waals surface area contributed by atoms with Crippen molar-refractivity contribution in [1.29, 1.82) is 0 Å². The van der Waals surface area contributed by atoms with Crippen molar-refractivity contribution in [2.24, 2.45) is 0 Å². The first kappa shape index (κ1) is 17.5. The maximum absolute atomic E-state index is 11.9. The Hall–Kier alpha value is -1.56. The number of aromatic amines is 1. The lowest BCUT2D eigenvalue weighted by Crippen LogP contribution is -2.31. The Kier molecular flexibility index (Phi) is 7.22. The lowest BCUT2D eigenvalue weighted by atomic mass is 10.1. The fourth-order valence-electron chi connectivity index (χ4n) is 1.78. The Morgan fingerprint density at radius 2 is 2.10 bits per heavy atom. The van der Waals surface area contributed by atoms with Crippen molar-refractivity contribution in [1.82, 2.24) is 20.8 Å². The molecule has 0 aliphatic rings. The maximum Gasteiger partial charge on any atom is 0.269 e. The number of carbonyl (C=O) groups excluding carboxylic acids is 1. The van der Waals surface area contributed by atoms with Crippen LogP contribution in [0.2, 0.25) is 5.02 Å². The molecule has 0 radical (unpaired) electrons. The smallest absolute Gasteiger partial charge is 0.269 e. The van der Waals surface area contributed by atoms with Crippen LogP contribution < -0.4 is 10.6 Å². The van der Waals surface area contributed by atoms with Crippen molar-refractivity contribution >= 4 is 29.9 Å². The van der Waals surface area contributed by atoms with E-state index in [0.717, 1.165) is 18.7 Å². The van der Waals surface area contributed by atoms with Gasteiger partial charge in [-0.05, 0) is 18.7 Å². The molecule has 21 heavy (non-hydrogen) atoms. The van der Waals surface area contributed by atoms with E-state index in [9.17, 15) is 4.79 Å². The van der Waals surface area contributed by atoms with Gasteiger partial charge in [-0.2, -0.15) is 5.10 Å². The third kappa shape index (κ3) is 4.74. The maximum atomic E-state index is 11.9.